The Bertz CT molecular complexity index is 593. The molecule has 4 saturated carbocycles. The average Bonchev–Trinajstić information content (AvgIpc) is 3.34. The first kappa shape index (κ1) is 18.9. The summed E-state index contributed by atoms with van der Waals surface area (Å²) in [5.41, 5.74) is 0.257. The molecule has 0 bridgehead atoms. The van der Waals surface area contributed by atoms with Crippen LogP contribution in [0, 0.1) is 52.8 Å². The molecule has 27 heavy (non-hydrogen) atoms. The Balaban J connectivity index is 1.45. The maximum absolute atomic E-state index is 10.6. The Morgan fingerprint density at radius 1 is 0.889 bits per heavy atom. The molecule has 0 amide bonds. The third kappa shape index (κ3) is 2.79. The van der Waals surface area contributed by atoms with Gasteiger partial charge >= 0.3 is 0 Å². The summed E-state index contributed by atoms with van der Waals surface area (Å²) in [7, 11) is 0. The summed E-state index contributed by atoms with van der Waals surface area (Å²) in [6, 6.07) is 0. The van der Waals surface area contributed by atoms with Gasteiger partial charge in [0.1, 0.15) is 0 Å². The molecule has 0 spiro atoms. The molecule has 5 aliphatic rings. The Morgan fingerprint density at radius 2 is 1.59 bits per heavy atom. The zero-order chi connectivity index (χ0) is 19.2. The van der Waals surface area contributed by atoms with Crippen LogP contribution >= 0.6 is 0 Å². The number of hydrogen-bond donors (Lipinski definition) is 1. The summed E-state index contributed by atoms with van der Waals surface area (Å²) in [4.78, 5) is 0. The number of ether oxygens (including phenoxy) is 1. The number of aliphatic hydroxyl groups is 1. The lowest BCUT2D eigenvalue weighted by atomic mass is 9.41. The van der Waals surface area contributed by atoms with E-state index in [9.17, 15) is 5.11 Å². The molecule has 4 aliphatic carbocycles. The van der Waals surface area contributed by atoms with E-state index in [1.54, 1.807) is 0 Å². The molecular formula is C25H42O2. The van der Waals surface area contributed by atoms with E-state index in [0.29, 0.717) is 5.41 Å². The first-order valence-corrected chi connectivity index (χ1v) is 12.0. The quantitative estimate of drug-likeness (QED) is 0.599. The summed E-state index contributed by atoms with van der Waals surface area (Å²) < 4.78 is 6.05. The van der Waals surface area contributed by atoms with Crippen molar-refractivity contribution < 1.29 is 9.84 Å². The van der Waals surface area contributed by atoms with E-state index in [2.05, 4.69) is 34.6 Å². The smallest absolute Gasteiger partial charge is 0.0921 e. The number of hydrogen-bond acceptors (Lipinski definition) is 2. The lowest BCUT2D eigenvalue weighted by Gasteiger charge is -2.64. The van der Waals surface area contributed by atoms with E-state index < -0.39 is 5.60 Å². The van der Waals surface area contributed by atoms with Crippen LogP contribution in [0.25, 0.3) is 0 Å². The van der Waals surface area contributed by atoms with Crippen molar-refractivity contribution in [2.45, 2.75) is 97.2 Å². The van der Waals surface area contributed by atoms with Crippen molar-refractivity contribution in [3.8, 4) is 0 Å². The molecule has 154 valence electrons. The molecule has 0 aromatic heterocycles. The van der Waals surface area contributed by atoms with Gasteiger partial charge in [0.2, 0.25) is 0 Å². The molecule has 5 fully saturated rings. The summed E-state index contributed by atoms with van der Waals surface area (Å²) in [6.45, 7) is 13.2. The zero-order valence-electron chi connectivity index (χ0n) is 18.3. The Hall–Kier alpha value is -0.0800. The van der Waals surface area contributed by atoms with Crippen molar-refractivity contribution >= 4 is 0 Å². The first-order chi connectivity index (χ1) is 12.6. The van der Waals surface area contributed by atoms with Crippen LogP contribution < -0.4 is 0 Å². The van der Waals surface area contributed by atoms with Crippen molar-refractivity contribution in [3.05, 3.63) is 0 Å². The fourth-order valence-corrected chi connectivity index (χ4v) is 9.23. The van der Waals surface area contributed by atoms with Gasteiger partial charge in [-0.3, -0.25) is 0 Å². The van der Waals surface area contributed by atoms with Gasteiger partial charge in [0, 0.05) is 0 Å². The highest BCUT2D eigenvalue weighted by molar-refractivity contribution is 5.13. The van der Waals surface area contributed by atoms with Gasteiger partial charge in [-0.2, -0.15) is 0 Å². The summed E-state index contributed by atoms with van der Waals surface area (Å²) >= 11 is 0. The number of epoxide rings is 1. The standard InChI is InChI=1S/C25H42O2/c1-15-12-21(25(5)14-27-25)24(4)11-9-19-18-8-10-23(3,26)13-17(18)6-7-20(19)22(24)16(15)2/h15-22,26H,6-14H2,1-5H3/t15-,16+,17+,18-,19+,20+,21-,22-,23+,24+,25?/m0/s1. The van der Waals surface area contributed by atoms with E-state index in [0.717, 1.165) is 66.8 Å². The number of fused-ring (bicyclic) bond motifs is 5. The van der Waals surface area contributed by atoms with Gasteiger partial charge in [-0.15, -0.1) is 0 Å². The van der Waals surface area contributed by atoms with Crippen LogP contribution in [0.4, 0.5) is 0 Å². The Morgan fingerprint density at radius 3 is 2.30 bits per heavy atom. The van der Waals surface area contributed by atoms with Crippen molar-refractivity contribution in [1.82, 2.24) is 0 Å². The molecule has 1 saturated heterocycles. The van der Waals surface area contributed by atoms with Gasteiger partial charge in [0.15, 0.2) is 0 Å². The highest BCUT2D eigenvalue weighted by atomic mass is 16.6. The Labute approximate surface area is 166 Å². The van der Waals surface area contributed by atoms with Crippen molar-refractivity contribution in [2.24, 2.45) is 52.8 Å². The molecule has 2 nitrogen and oxygen atoms in total. The highest BCUT2D eigenvalue weighted by Crippen LogP contribution is 2.68. The van der Waals surface area contributed by atoms with Crippen LogP contribution in [0.1, 0.15) is 86.0 Å². The maximum atomic E-state index is 10.6. The van der Waals surface area contributed by atoms with E-state index in [4.69, 9.17) is 4.74 Å². The zero-order valence-corrected chi connectivity index (χ0v) is 18.3. The molecule has 0 radical (unpaired) electrons. The minimum absolute atomic E-state index is 0.176. The van der Waals surface area contributed by atoms with Crippen LogP contribution in [-0.2, 0) is 4.74 Å². The third-order valence-electron chi connectivity index (χ3n) is 10.7. The second-order valence-electron chi connectivity index (χ2n) is 12.4. The van der Waals surface area contributed by atoms with Gasteiger partial charge < -0.3 is 9.84 Å². The topological polar surface area (TPSA) is 32.8 Å². The van der Waals surface area contributed by atoms with E-state index in [-0.39, 0.29) is 5.60 Å². The molecule has 2 heteroatoms. The number of rotatable bonds is 1. The van der Waals surface area contributed by atoms with Gasteiger partial charge in [-0.1, -0.05) is 20.8 Å². The molecule has 1 unspecified atom stereocenters. The minimum atomic E-state index is -0.396. The SMILES string of the molecule is C[C@H]1[C@H]2[C@@H]3CC[C@@H]4C[C@](C)(O)CC[C@@H]4[C@H]3CC[C@]2(C)[C@@H](C2(C)CO2)C[C@@H]1C. The molecule has 1 N–H and O–H groups in total. The van der Waals surface area contributed by atoms with E-state index in [1.165, 1.54) is 38.5 Å². The lowest BCUT2D eigenvalue weighted by molar-refractivity contribution is -0.164. The molecule has 1 aliphatic heterocycles. The van der Waals surface area contributed by atoms with Crippen LogP contribution in [0.15, 0.2) is 0 Å². The van der Waals surface area contributed by atoms with Crippen molar-refractivity contribution in [3.63, 3.8) is 0 Å². The van der Waals surface area contributed by atoms with Crippen molar-refractivity contribution in [1.29, 1.82) is 0 Å². The average molecular weight is 375 g/mol. The molecule has 1 heterocycles. The predicted molar refractivity (Wildman–Crippen MR) is 109 cm³/mol. The summed E-state index contributed by atoms with van der Waals surface area (Å²) in [5, 5.41) is 10.6. The monoisotopic (exact) mass is 374 g/mol. The second-order valence-corrected chi connectivity index (χ2v) is 12.4. The van der Waals surface area contributed by atoms with Crippen molar-refractivity contribution in [2.75, 3.05) is 6.61 Å². The van der Waals surface area contributed by atoms with Crippen LogP contribution in [0.2, 0.25) is 0 Å². The highest BCUT2D eigenvalue weighted by Gasteiger charge is 2.64. The maximum Gasteiger partial charge on any atom is 0.0921 e. The van der Waals surface area contributed by atoms with Crippen LogP contribution in [-0.4, -0.2) is 22.9 Å². The van der Waals surface area contributed by atoms with Gasteiger partial charge in [0.25, 0.3) is 0 Å². The van der Waals surface area contributed by atoms with E-state index >= 15 is 0 Å². The Kier molecular flexibility index (Phi) is 4.18. The fourth-order valence-electron chi connectivity index (χ4n) is 9.23. The van der Waals surface area contributed by atoms with E-state index in [1.807, 2.05) is 0 Å². The normalized spacial score (nSPS) is 62.9. The second kappa shape index (κ2) is 5.97. The van der Waals surface area contributed by atoms with Gasteiger partial charge in [-0.05, 0) is 118 Å². The molecule has 11 atom stereocenters. The van der Waals surface area contributed by atoms with Crippen LogP contribution in [0.3, 0.4) is 0 Å². The first-order valence-electron chi connectivity index (χ1n) is 12.0. The predicted octanol–water partition coefficient (Wildman–Crippen LogP) is 5.68. The summed E-state index contributed by atoms with van der Waals surface area (Å²) in [6.07, 6.45) is 10.4. The van der Waals surface area contributed by atoms with Gasteiger partial charge in [-0.25, -0.2) is 0 Å². The molecule has 0 aromatic carbocycles. The fraction of sp³-hybridized carbons (Fsp3) is 1.00. The summed E-state index contributed by atoms with van der Waals surface area (Å²) in [5.74, 6) is 6.86. The largest absolute Gasteiger partial charge is 0.390 e. The van der Waals surface area contributed by atoms with Gasteiger partial charge in [0.05, 0.1) is 17.8 Å². The lowest BCUT2D eigenvalue weighted by Crippen LogP contribution is -2.59. The molecule has 5 rings (SSSR count). The third-order valence-corrected chi connectivity index (χ3v) is 10.7. The molecular weight excluding hydrogens is 332 g/mol. The molecule has 0 aromatic rings. The minimum Gasteiger partial charge on any atom is -0.390 e. The van der Waals surface area contributed by atoms with Crippen LogP contribution in [0.5, 0.6) is 0 Å².